The minimum absolute atomic E-state index is 0.0238. The zero-order chi connectivity index (χ0) is 49.0. The molecule has 4 atom stereocenters. The summed E-state index contributed by atoms with van der Waals surface area (Å²) >= 11 is 1.34. The summed E-state index contributed by atoms with van der Waals surface area (Å²) in [6, 6.07) is 3.61. The molecule has 1 aromatic carbocycles. The van der Waals surface area contributed by atoms with Crippen molar-refractivity contribution in [1.29, 1.82) is 0 Å². The summed E-state index contributed by atoms with van der Waals surface area (Å²) in [4.78, 5) is 83.5. The van der Waals surface area contributed by atoms with Crippen molar-refractivity contribution < 1.29 is 38.6 Å². The van der Waals surface area contributed by atoms with Crippen molar-refractivity contribution in [2.24, 2.45) is 16.3 Å². The molecule has 3 N–H and O–H groups in total. The summed E-state index contributed by atoms with van der Waals surface area (Å²) in [5.41, 5.74) is 5.76. The van der Waals surface area contributed by atoms with E-state index >= 15 is 0 Å². The number of likely N-dealkylation sites (N-methyl/N-ethyl adjacent to an activating group) is 1. The SMILES string of the molecule is C=CC(=O)N1CCN(C(=O)N(C)[C@H](C(=O)N[C@H]2Cc3nc(cs3)-c3ccc4c(c3)c(c(/C(C=C)=C(/N=C\C)[C@H](C)OC)n4CC)CC(C)(C)COC(=O)[C@@]3(O)CCCN(N3)C2=O)C(C)C)CC1. The Balaban J connectivity index is 1.42. The molecule has 0 spiro atoms. The first-order valence-electron chi connectivity index (χ1n) is 23.0. The number of urea groups is 1. The molecule has 2 fully saturated rings. The Morgan fingerprint density at radius 3 is 2.45 bits per heavy atom. The number of benzene rings is 1. The van der Waals surface area contributed by atoms with Gasteiger partial charge in [-0.05, 0) is 63.3 Å². The van der Waals surface area contributed by atoms with Crippen LogP contribution in [0.15, 0.2) is 59.6 Å². The molecule has 5 heterocycles. The Bertz CT molecular complexity index is 2450. The Kier molecular flexibility index (Phi) is 16.0. The summed E-state index contributed by atoms with van der Waals surface area (Å²) in [6.45, 7) is 23.2. The number of amides is 5. The molecule has 3 aromatic rings. The number of esters is 1. The molecule has 18 heteroatoms. The fourth-order valence-corrected chi connectivity index (χ4v) is 10.1. The zero-order valence-electron chi connectivity index (χ0n) is 40.4. The summed E-state index contributed by atoms with van der Waals surface area (Å²) in [6.07, 6.45) is 5.09. The number of thiazole rings is 1. The lowest BCUT2D eigenvalue weighted by molar-refractivity contribution is -0.189. The van der Waals surface area contributed by atoms with Gasteiger partial charge in [-0.25, -0.2) is 14.6 Å². The number of aromatic nitrogens is 2. The third-order valence-electron chi connectivity index (χ3n) is 12.8. The van der Waals surface area contributed by atoms with Crippen LogP contribution in [-0.2, 0) is 48.0 Å². The lowest BCUT2D eigenvalue weighted by Gasteiger charge is -2.41. The van der Waals surface area contributed by atoms with Crippen molar-refractivity contribution in [2.75, 3.05) is 53.5 Å². The van der Waals surface area contributed by atoms with E-state index in [9.17, 15) is 29.1 Å². The number of aliphatic hydroxyl groups is 1. The first-order valence-corrected chi connectivity index (χ1v) is 23.9. The summed E-state index contributed by atoms with van der Waals surface area (Å²) in [5.74, 6) is -2.68. The number of hydrogen-bond acceptors (Lipinski definition) is 12. The van der Waals surface area contributed by atoms with Crippen molar-refractivity contribution in [1.82, 2.24) is 40.0 Å². The van der Waals surface area contributed by atoms with Gasteiger partial charge in [0.15, 0.2) is 0 Å². The monoisotopic (exact) mass is 941 g/mol. The highest BCUT2D eigenvalue weighted by atomic mass is 32.1. The van der Waals surface area contributed by atoms with Gasteiger partial charge in [0.25, 0.3) is 5.91 Å². The predicted octanol–water partition coefficient (Wildman–Crippen LogP) is 5.18. The van der Waals surface area contributed by atoms with E-state index in [2.05, 4.69) is 47.5 Å². The molecule has 3 aliphatic rings. The number of methoxy groups -OCH3 is 1. The van der Waals surface area contributed by atoms with Gasteiger partial charge in [0, 0.05) is 105 Å². The average molecular weight is 942 g/mol. The largest absolute Gasteiger partial charge is 0.462 e. The van der Waals surface area contributed by atoms with Gasteiger partial charge < -0.3 is 39.2 Å². The molecule has 6 bridgehead atoms. The van der Waals surface area contributed by atoms with Crippen molar-refractivity contribution in [3.05, 3.63) is 70.9 Å². The van der Waals surface area contributed by atoms with E-state index in [4.69, 9.17) is 19.5 Å². The molecule has 0 aliphatic carbocycles. The number of allylic oxidation sites excluding steroid dienone is 2. The standard InChI is InChI=1S/C49H67N9O8S/c1-12-33(41(50-14-3)31(7)65-11)43-35-27-48(8,9)29-66-46(62)49(64)19-16-20-58(53-49)45(61)36(26-39-51-37(28-67-39)32-17-18-38(34(35)25-32)57(43)15-4)52-44(60)42(30(5)6)54(10)47(63)56-23-21-55(22-24-56)40(59)13-2/h12-14,17-18,25,28,30-31,36,42,53,64H,1-2,15-16,19-24,26-27,29H2,3-11H3,(H,52,60)/b41-33+,50-14-/t31-,36-,42-,49-/m0/s1. The zero-order valence-corrected chi connectivity index (χ0v) is 41.2. The van der Waals surface area contributed by atoms with Gasteiger partial charge in [0.2, 0.25) is 17.5 Å². The van der Waals surface area contributed by atoms with E-state index < -0.39 is 41.0 Å². The van der Waals surface area contributed by atoms with Crippen molar-refractivity contribution in [3.63, 3.8) is 0 Å². The van der Waals surface area contributed by atoms with Crippen LogP contribution in [0.2, 0.25) is 0 Å². The number of fused-ring (bicyclic) bond motifs is 6. The third kappa shape index (κ3) is 10.7. The number of ether oxygens (including phenoxy) is 2. The number of piperazine rings is 1. The summed E-state index contributed by atoms with van der Waals surface area (Å²) in [5, 5.41) is 19.4. The Labute approximate surface area is 397 Å². The second-order valence-corrected chi connectivity index (χ2v) is 19.5. The maximum atomic E-state index is 14.6. The van der Waals surface area contributed by atoms with Crippen LogP contribution in [0.3, 0.4) is 0 Å². The number of carbonyl (C=O) groups is 5. The lowest BCUT2D eigenvalue weighted by atomic mass is 9.84. The van der Waals surface area contributed by atoms with E-state index in [-0.39, 0.29) is 69.5 Å². The second kappa shape index (κ2) is 21.1. The normalized spacial score (nSPS) is 21.7. The number of nitrogens with zero attached hydrogens (tertiary/aromatic N) is 7. The van der Waals surface area contributed by atoms with Gasteiger partial charge in [0.1, 0.15) is 12.1 Å². The molecule has 2 saturated heterocycles. The molecule has 0 radical (unpaired) electrons. The molecule has 5 amide bonds. The third-order valence-corrected chi connectivity index (χ3v) is 13.7. The second-order valence-electron chi connectivity index (χ2n) is 18.5. The first-order chi connectivity index (χ1) is 31.8. The lowest BCUT2D eigenvalue weighted by Crippen LogP contribution is -2.67. The van der Waals surface area contributed by atoms with Crippen LogP contribution in [0.5, 0.6) is 0 Å². The molecule has 17 nitrogen and oxygen atoms in total. The number of aryl methyl sites for hydroxylation is 1. The van der Waals surface area contributed by atoms with Gasteiger partial charge >= 0.3 is 12.0 Å². The van der Waals surface area contributed by atoms with Crippen LogP contribution < -0.4 is 10.7 Å². The van der Waals surface area contributed by atoms with Gasteiger partial charge in [0.05, 0.1) is 34.8 Å². The number of hydrazine groups is 1. The highest BCUT2D eigenvalue weighted by Crippen LogP contribution is 2.40. The van der Waals surface area contributed by atoms with Gasteiger partial charge in [-0.2, -0.15) is 5.43 Å². The smallest absolute Gasteiger partial charge is 0.355 e. The molecule has 67 heavy (non-hydrogen) atoms. The average Bonchev–Trinajstić information content (AvgIpc) is 3.90. The molecule has 0 unspecified atom stereocenters. The highest BCUT2D eigenvalue weighted by Gasteiger charge is 2.46. The number of nitrogens with one attached hydrogen (secondary N) is 2. The van der Waals surface area contributed by atoms with Crippen molar-refractivity contribution in [3.8, 4) is 11.3 Å². The van der Waals surface area contributed by atoms with Gasteiger partial charge in [-0.3, -0.25) is 24.4 Å². The van der Waals surface area contributed by atoms with Crippen molar-refractivity contribution in [2.45, 2.75) is 105 Å². The number of rotatable bonds is 11. The van der Waals surface area contributed by atoms with Crippen LogP contribution in [0.1, 0.15) is 77.6 Å². The first kappa shape index (κ1) is 50.7. The minimum atomic E-state index is -2.24. The highest BCUT2D eigenvalue weighted by molar-refractivity contribution is 7.10. The minimum Gasteiger partial charge on any atom is -0.462 e. The van der Waals surface area contributed by atoms with E-state index in [0.717, 1.165) is 33.3 Å². The Morgan fingerprint density at radius 1 is 1.12 bits per heavy atom. The molecular formula is C49H67N9O8S. The Morgan fingerprint density at radius 2 is 1.82 bits per heavy atom. The van der Waals surface area contributed by atoms with Crippen LogP contribution in [-0.4, -0.2) is 148 Å². The maximum absolute atomic E-state index is 14.6. The summed E-state index contributed by atoms with van der Waals surface area (Å²) < 4.78 is 14.0. The van der Waals surface area contributed by atoms with Crippen LogP contribution in [0, 0.1) is 11.3 Å². The fraction of sp³-hybridized carbons (Fsp3) is 0.531. The quantitative estimate of drug-likeness (QED) is 0.1000. The van der Waals surface area contributed by atoms with Crippen LogP contribution >= 0.6 is 11.3 Å². The predicted molar refractivity (Wildman–Crippen MR) is 260 cm³/mol. The number of aliphatic imine (C=N–C) groups is 1. The van der Waals surface area contributed by atoms with E-state index in [1.807, 2.05) is 59.1 Å². The number of hydrogen-bond donors (Lipinski definition) is 3. The number of cyclic esters (lactones) is 1. The van der Waals surface area contributed by atoms with E-state index in [1.165, 1.54) is 27.3 Å². The van der Waals surface area contributed by atoms with Crippen molar-refractivity contribution >= 4 is 63.7 Å². The molecule has 2 aromatic heterocycles. The van der Waals surface area contributed by atoms with Gasteiger partial charge in [-0.15, -0.1) is 11.3 Å². The fourth-order valence-electron chi connectivity index (χ4n) is 9.29. The number of carbonyl (C=O) groups excluding carboxylic acids is 5. The van der Waals surface area contributed by atoms with Gasteiger partial charge in [-0.1, -0.05) is 53.0 Å². The van der Waals surface area contributed by atoms with E-state index in [1.54, 1.807) is 30.2 Å². The molecule has 0 saturated carbocycles. The molecule has 3 aliphatic heterocycles. The molecule has 362 valence electrons. The molecule has 6 rings (SSSR count). The van der Waals surface area contributed by atoms with E-state index in [0.29, 0.717) is 42.5 Å². The van der Waals surface area contributed by atoms with Crippen LogP contribution in [0.25, 0.3) is 27.7 Å². The van der Waals surface area contributed by atoms with Crippen LogP contribution in [0.4, 0.5) is 4.79 Å². The Hall–Kier alpha value is -5.69. The molecular weight excluding hydrogens is 875 g/mol. The maximum Gasteiger partial charge on any atom is 0.355 e. The summed E-state index contributed by atoms with van der Waals surface area (Å²) in [7, 11) is 3.20. The topological polar surface area (TPSA) is 191 Å².